The molecule has 0 aromatic heterocycles. The molecule has 1 unspecified atom stereocenters. The van der Waals surface area contributed by atoms with Crippen LogP contribution in [0, 0.1) is 5.92 Å². The van der Waals surface area contributed by atoms with Crippen molar-refractivity contribution >= 4 is 23.1 Å². The van der Waals surface area contributed by atoms with E-state index in [1.54, 1.807) is 4.90 Å². The fraction of sp³-hybridized carbons (Fsp3) is 0.385. The van der Waals surface area contributed by atoms with Crippen molar-refractivity contribution in [2.24, 2.45) is 11.7 Å². The molecule has 1 aromatic rings. The number of phenols is 2. The second-order valence-electron chi connectivity index (χ2n) is 4.35. The van der Waals surface area contributed by atoms with Crippen molar-refractivity contribution in [3.8, 4) is 11.5 Å². The zero-order valence-electron chi connectivity index (χ0n) is 11.0. The minimum atomic E-state index is -0.317. The SMILES string of the molecule is CCN(CC(C)C(N)=S)C(=O)c1ccc(O)cc1O. The predicted octanol–water partition coefficient (Wildman–Crippen LogP) is 1.48. The highest BCUT2D eigenvalue weighted by atomic mass is 32.1. The second-order valence-corrected chi connectivity index (χ2v) is 4.82. The molecule has 104 valence electrons. The fourth-order valence-electron chi connectivity index (χ4n) is 1.65. The van der Waals surface area contributed by atoms with Gasteiger partial charge in [-0.15, -0.1) is 0 Å². The molecule has 6 heteroatoms. The molecule has 0 heterocycles. The van der Waals surface area contributed by atoms with Gasteiger partial charge in [0.05, 0.1) is 10.6 Å². The number of nitrogens with zero attached hydrogens (tertiary/aromatic N) is 1. The number of carbonyl (C=O) groups excluding carboxylic acids is 1. The van der Waals surface area contributed by atoms with Crippen molar-refractivity contribution in [3.63, 3.8) is 0 Å². The van der Waals surface area contributed by atoms with E-state index >= 15 is 0 Å². The van der Waals surface area contributed by atoms with Crippen LogP contribution in [0.3, 0.4) is 0 Å². The smallest absolute Gasteiger partial charge is 0.257 e. The lowest BCUT2D eigenvalue weighted by Gasteiger charge is -2.24. The van der Waals surface area contributed by atoms with Gasteiger partial charge in [-0.1, -0.05) is 19.1 Å². The lowest BCUT2D eigenvalue weighted by atomic mass is 10.1. The molecule has 0 spiro atoms. The monoisotopic (exact) mass is 282 g/mol. The Morgan fingerprint density at radius 2 is 2.11 bits per heavy atom. The van der Waals surface area contributed by atoms with Gasteiger partial charge in [0.15, 0.2) is 0 Å². The maximum Gasteiger partial charge on any atom is 0.257 e. The maximum atomic E-state index is 12.3. The number of aromatic hydroxyl groups is 2. The molecule has 0 bridgehead atoms. The number of thiocarbonyl (C=S) groups is 1. The summed E-state index contributed by atoms with van der Waals surface area (Å²) in [7, 11) is 0. The zero-order valence-corrected chi connectivity index (χ0v) is 11.8. The van der Waals surface area contributed by atoms with Crippen molar-refractivity contribution < 1.29 is 15.0 Å². The Balaban J connectivity index is 2.92. The van der Waals surface area contributed by atoms with E-state index in [9.17, 15) is 15.0 Å². The fourth-order valence-corrected chi connectivity index (χ4v) is 1.72. The quantitative estimate of drug-likeness (QED) is 0.712. The van der Waals surface area contributed by atoms with Crippen LogP contribution in [0.4, 0.5) is 0 Å². The standard InChI is InChI=1S/C13H18N2O3S/c1-3-15(7-8(2)12(14)19)13(18)10-5-4-9(16)6-11(10)17/h4-6,8,16-17H,3,7H2,1-2H3,(H2,14,19). The summed E-state index contributed by atoms with van der Waals surface area (Å²) in [5.74, 6) is -0.749. The molecule has 4 N–H and O–H groups in total. The van der Waals surface area contributed by atoms with Crippen LogP contribution >= 0.6 is 12.2 Å². The number of carbonyl (C=O) groups is 1. The molecular weight excluding hydrogens is 264 g/mol. The highest BCUT2D eigenvalue weighted by molar-refractivity contribution is 7.80. The third-order valence-electron chi connectivity index (χ3n) is 2.86. The minimum absolute atomic E-state index is 0.0893. The van der Waals surface area contributed by atoms with Crippen LogP contribution in [0.1, 0.15) is 24.2 Å². The molecule has 0 aliphatic heterocycles. The first-order valence-electron chi connectivity index (χ1n) is 5.97. The van der Waals surface area contributed by atoms with Crippen LogP contribution in [-0.2, 0) is 0 Å². The van der Waals surface area contributed by atoms with E-state index in [1.807, 2.05) is 13.8 Å². The summed E-state index contributed by atoms with van der Waals surface area (Å²) >= 11 is 4.89. The summed E-state index contributed by atoms with van der Waals surface area (Å²) in [5.41, 5.74) is 5.69. The van der Waals surface area contributed by atoms with Crippen LogP contribution in [0.2, 0.25) is 0 Å². The molecule has 0 radical (unpaired) electrons. The number of rotatable bonds is 5. The summed E-state index contributed by atoms with van der Waals surface area (Å²) in [6.45, 7) is 4.55. The molecule has 19 heavy (non-hydrogen) atoms. The molecule has 0 aliphatic carbocycles. The predicted molar refractivity (Wildman–Crippen MR) is 77.3 cm³/mol. The Morgan fingerprint density at radius 1 is 1.47 bits per heavy atom. The zero-order chi connectivity index (χ0) is 14.6. The van der Waals surface area contributed by atoms with Gasteiger partial charge in [-0.2, -0.15) is 0 Å². The lowest BCUT2D eigenvalue weighted by Crippen LogP contribution is -2.38. The first-order valence-corrected chi connectivity index (χ1v) is 6.38. The molecule has 0 aliphatic rings. The Hall–Kier alpha value is -1.82. The van der Waals surface area contributed by atoms with Gasteiger partial charge in [-0.25, -0.2) is 0 Å². The summed E-state index contributed by atoms with van der Waals surface area (Å²) in [6, 6.07) is 3.89. The number of nitrogens with two attached hydrogens (primary N) is 1. The van der Waals surface area contributed by atoms with E-state index in [4.69, 9.17) is 18.0 Å². The third kappa shape index (κ3) is 3.82. The summed E-state index contributed by atoms with van der Waals surface area (Å²) < 4.78 is 0. The average Bonchev–Trinajstić information content (AvgIpc) is 2.34. The van der Waals surface area contributed by atoms with Crippen LogP contribution in [0.25, 0.3) is 0 Å². The summed E-state index contributed by atoms with van der Waals surface area (Å²) in [5, 5.41) is 18.9. The molecule has 1 aromatic carbocycles. The van der Waals surface area contributed by atoms with Gasteiger partial charge in [0.2, 0.25) is 0 Å². The van der Waals surface area contributed by atoms with Crippen molar-refractivity contribution in [2.45, 2.75) is 13.8 Å². The molecule has 0 fully saturated rings. The van der Waals surface area contributed by atoms with Gasteiger partial charge in [0, 0.05) is 25.1 Å². The van der Waals surface area contributed by atoms with Crippen LogP contribution in [0.15, 0.2) is 18.2 Å². The van der Waals surface area contributed by atoms with Gasteiger partial charge < -0.3 is 20.8 Å². The Kier molecular flexibility index (Phi) is 5.11. The molecule has 1 atom stereocenters. The van der Waals surface area contributed by atoms with Gasteiger partial charge >= 0.3 is 0 Å². The van der Waals surface area contributed by atoms with Crippen molar-refractivity contribution in [1.82, 2.24) is 4.90 Å². The largest absolute Gasteiger partial charge is 0.508 e. The maximum absolute atomic E-state index is 12.3. The summed E-state index contributed by atoms with van der Waals surface area (Å²) in [6.07, 6.45) is 0. The van der Waals surface area contributed by atoms with Gasteiger partial charge in [-0.05, 0) is 19.1 Å². The third-order valence-corrected chi connectivity index (χ3v) is 3.26. The molecule has 0 saturated heterocycles. The molecule has 5 nitrogen and oxygen atoms in total. The van der Waals surface area contributed by atoms with Crippen LogP contribution in [-0.4, -0.2) is 39.1 Å². The lowest BCUT2D eigenvalue weighted by molar-refractivity contribution is 0.0752. The molecular formula is C13H18N2O3S. The minimum Gasteiger partial charge on any atom is -0.508 e. The number of hydrogen-bond donors (Lipinski definition) is 3. The van der Waals surface area contributed by atoms with Gasteiger partial charge in [-0.3, -0.25) is 4.79 Å². The average molecular weight is 282 g/mol. The number of hydrogen-bond acceptors (Lipinski definition) is 4. The Labute approximate surface area is 117 Å². The van der Waals surface area contributed by atoms with Gasteiger partial charge in [0.1, 0.15) is 11.5 Å². The Bertz CT molecular complexity index is 491. The molecule has 1 amide bonds. The van der Waals surface area contributed by atoms with Crippen molar-refractivity contribution in [3.05, 3.63) is 23.8 Å². The van der Waals surface area contributed by atoms with Gasteiger partial charge in [0.25, 0.3) is 5.91 Å². The van der Waals surface area contributed by atoms with E-state index in [0.717, 1.165) is 6.07 Å². The van der Waals surface area contributed by atoms with Crippen molar-refractivity contribution in [2.75, 3.05) is 13.1 Å². The van der Waals surface area contributed by atoms with E-state index in [0.29, 0.717) is 18.1 Å². The number of amides is 1. The normalized spacial score (nSPS) is 11.9. The van der Waals surface area contributed by atoms with E-state index in [-0.39, 0.29) is 28.9 Å². The second kappa shape index (κ2) is 6.38. The van der Waals surface area contributed by atoms with E-state index in [2.05, 4.69) is 0 Å². The highest BCUT2D eigenvalue weighted by Gasteiger charge is 2.20. The van der Waals surface area contributed by atoms with E-state index in [1.165, 1.54) is 12.1 Å². The molecule has 1 rings (SSSR count). The van der Waals surface area contributed by atoms with Crippen molar-refractivity contribution in [1.29, 1.82) is 0 Å². The highest BCUT2D eigenvalue weighted by Crippen LogP contribution is 2.24. The topological polar surface area (TPSA) is 86.8 Å². The molecule has 0 saturated carbocycles. The Morgan fingerprint density at radius 3 is 2.58 bits per heavy atom. The number of benzene rings is 1. The van der Waals surface area contributed by atoms with E-state index < -0.39 is 0 Å². The first-order chi connectivity index (χ1) is 8.86. The summed E-state index contributed by atoms with van der Waals surface area (Å²) in [4.78, 5) is 14.2. The number of phenolic OH excluding ortho intramolecular Hbond substituents is 2. The first kappa shape index (κ1) is 15.2. The van der Waals surface area contributed by atoms with Crippen LogP contribution in [0.5, 0.6) is 11.5 Å². The van der Waals surface area contributed by atoms with Crippen LogP contribution < -0.4 is 5.73 Å².